The Balaban J connectivity index is 2.59. The van der Waals surface area contributed by atoms with Gasteiger partial charge in [0.05, 0.1) is 0 Å². The molecule has 1 atom stereocenters. The highest BCUT2D eigenvalue weighted by Gasteiger charge is 2.55. The van der Waals surface area contributed by atoms with Gasteiger partial charge in [0.2, 0.25) is 5.67 Å². The Hall–Kier alpha value is -1.77. The van der Waals surface area contributed by atoms with E-state index < -0.39 is 17.5 Å². The molecular formula is C17H17F3. The molecule has 0 bridgehead atoms. The Morgan fingerprint density at radius 1 is 0.750 bits per heavy atom. The Morgan fingerprint density at radius 3 is 1.55 bits per heavy atom. The second-order valence-corrected chi connectivity index (χ2v) is 5.37. The normalized spacial score (nSPS) is 15.1. The highest BCUT2D eigenvalue weighted by Crippen LogP contribution is 2.49. The van der Waals surface area contributed by atoms with Crippen molar-refractivity contribution < 1.29 is 13.2 Å². The van der Waals surface area contributed by atoms with Gasteiger partial charge in [0.1, 0.15) is 0 Å². The molecule has 20 heavy (non-hydrogen) atoms. The number of alkyl halides is 3. The SMILES string of the molecule is CC(C)(c1ccccc1)C(F)(c1ccccc1)C(F)F. The summed E-state index contributed by atoms with van der Waals surface area (Å²) in [6.45, 7) is 3.03. The van der Waals surface area contributed by atoms with E-state index in [1.54, 1.807) is 48.5 Å². The first-order valence-corrected chi connectivity index (χ1v) is 6.49. The standard InChI is InChI=1S/C17H17F3/c1-16(2,13-9-5-3-6-10-13)17(20,15(18)19)14-11-7-4-8-12-14/h3-12,15H,1-2H3. The van der Waals surface area contributed by atoms with Gasteiger partial charge >= 0.3 is 0 Å². The van der Waals surface area contributed by atoms with Gasteiger partial charge in [0.15, 0.2) is 0 Å². The van der Waals surface area contributed by atoms with E-state index in [0.717, 1.165) is 0 Å². The highest BCUT2D eigenvalue weighted by molar-refractivity contribution is 5.36. The summed E-state index contributed by atoms with van der Waals surface area (Å²) in [6.07, 6.45) is -3.11. The van der Waals surface area contributed by atoms with E-state index in [0.29, 0.717) is 5.56 Å². The van der Waals surface area contributed by atoms with Gasteiger partial charge in [-0.15, -0.1) is 0 Å². The Morgan fingerprint density at radius 2 is 1.15 bits per heavy atom. The predicted molar refractivity (Wildman–Crippen MR) is 74.7 cm³/mol. The smallest absolute Gasteiger partial charge is 0.231 e. The molecular weight excluding hydrogens is 261 g/mol. The largest absolute Gasteiger partial charge is 0.277 e. The molecule has 0 saturated heterocycles. The molecule has 0 fully saturated rings. The summed E-state index contributed by atoms with van der Waals surface area (Å²) in [7, 11) is 0. The second kappa shape index (κ2) is 5.31. The average Bonchev–Trinajstić information content (AvgIpc) is 2.47. The van der Waals surface area contributed by atoms with Gasteiger partial charge in [-0.2, -0.15) is 0 Å². The summed E-state index contributed by atoms with van der Waals surface area (Å²) in [5, 5.41) is 0. The van der Waals surface area contributed by atoms with Crippen LogP contribution in [0.1, 0.15) is 25.0 Å². The van der Waals surface area contributed by atoms with Crippen LogP contribution < -0.4 is 0 Å². The molecule has 0 amide bonds. The van der Waals surface area contributed by atoms with E-state index in [9.17, 15) is 8.78 Å². The molecule has 3 heteroatoms. The predicted octanol–water partition coefficient (Wildman–Crippen LogP) is 5.09. The van der Waals surface area contributed by atoms with Crippen LogP contribution in [-0.2, 0) is 11.1 Å². The van der Waals surface area contributed by atoms with Gasteiger partial charge in [0, 0.05) is 5.41 Å². The lowest BCUT2D eigenvalue weighted by Gasteiger charge is -2.40. The van der Waals surface area contributed by atoms with E-state index in [1.165, 1.54) is 26.0 Å². The molecule has 2 rings (SSSR count). The molecule has 1 unspecified atom stereocenters. The Labute approximate surface area is 117 Å². The topological polar surface area (TPSA) is 0 Å². The lowest BCUT2D eigenvalue weighted by molar-refractivity contribution is -0.0849. The zero-order valence-electron chi connectivity index (χ0n) is 11.5. The minimum atomic E-state index is -3.11. The molecule has 0 N–H and O–H groups in total. The van der Waals surface area contributed by atoms with Gasteiger partial charge in [-0.25, -0.2) is 13.2 Å². The summed E-state index contributed by atoms with van der Waals surface area (Å²) < 4.78 is 42.5. The molecule has 2 aromatic rings. The van der Waals surface area contributed by atoms with Gasteiger partial charge in [-0.05, 0) is 11.1 Å². The molecule has 0 aromatic heterocycles. The summed E-state index contributed by atoms with van der Waals surface area (Å²) in [6, 6.07) is 16.3. The first-order valence-electron chi connectivity index (χ1n) is 6.49. The van der Waals surface area contributed by atoms with Crippen molar-refractivity contribution in [1.82, 2.24) is 0 Å². The number of hydrogen-bond donors (Lipinski definition) is 0. The maximum absolute atomic E-state index is 15.4. The van der Waals surface area contributed by atoms with Gasteiger partial charge in [-0.3, -0.25) is 0 Å². The monoisotopic (exact) mass is 278 g/mol. The van der Waals surface area contributed by atoms with Gasteiger partial charge in [-0.1, -0.05) is 74.5 Å². The molecule has 0 nitrogen and oxygen atoms in total. The first kappa shape index (κ1) is 14.6. The maximum atomic E-state index is 15.4. The van der Waals surface area contributed by atoms with E-state index in [4.69, 9.17) is 0 Å². The van der Waals surface area contributed by atoms with Crippen molar-refractivity contribution in [2.24, 2.45) is 0 Å². The molecule has 0 aliphatic carbocycles. The lowest BCUT2D eigenvalue weighted by atomic mass is 9.68. The zero-order chi connectivity index (χ0) is 14.8. The van der Waals surface area contributed by atoms with Crippen LogP contribution in [0.25, 0.3) is 0 Å². The summed E-state index contributed by atoms with van der Waals surface area (Å²) in [5.41, 5.74) is -3.53. The van der Waals surface area contributed by atoms with Crippen molar-refractivity contribution in [3.63, 3.8) is 0 Å². The Kier molecular flexibility index (Phi) is 3.89. The van der Waals surface area contributed by atoms with E-state index in [-0.39, 0.29) is 5.56 Å². The molecule has 0 radical (unpaired) electrons. The molecule has 106 valence electrons. The third kappa shape index (κ3) is 2.21. The summed E-state index contributed by atoms with van der Waals surface area (Å²) >= 11 is 0. The fraction of sp³-hybridized carbons (Fsp3) is 0.294. The van der Waals surface area contributed by atoms with Gasteiger partial charge < -0.3 is 0 Å². The summed E-state index contributed by atoms with van der Waals surface area (Å²) in [4.78, 5) is 0. The van der Waals surface area contributed by atoms with Crippen LogP contribution in [0, 0.1) is 0 Å². The van der Waals surface area contributed by atoms with Crippen LogP contribution in [-0.4, -0.2) is 6.43 Å². The van der Waals surface area contributed by atoms with E-state index in [1.807, 2.05) is 0 Å². The molecule has 0 saturated carbocycles. The van der Waals surface area contributed by atoms with E-state index in [2.05, 4.69) is 0 Å². The van der Waals surface area contributed by atoms with Crippen molar-refractivity contribution in [2.75, 3.05) is 0 Å². The fourth-order valence-electron chi connectivity index (χ4n) is 2.51. The number of benzene rings is 2. The lowest BCUT2D eigenvalue weighted by Crippen LogP contribution is -2.47. The van der Waals surface area contributed by atoms with Crippen molar-refractivity contribution in [2.45, 2.75) is 31.4 Å². The minimum Gasteiger partial charge on any atom is -0.231 e. The van der Waals surface area contributed by atoms with Gasteiger partial charge in [0.25, 0.3) is 6.43 Å². The molecule has 0 heterocycles. The van der Waals surface area contributed by atoms with Crippen LogP contribution in [0.4, 0.5) is 13.2 Å². The van der Waals surface area contributed by atoms with Crippen LogP contribution in [0.2, 0.25) is 0 Å². The third-order valence-electron chi connectivity index (χ3n) is 3.90. The highest BCUT2D eigenvalue weighted by atomic mass is 19.3. The van der Waals surface area contributed by atoms with Crippen molar-refractivity contribution >= 4 is 0 Å². The molecule has 0 spiro atoms. The molecule has 0 aliphatic rings. The quantitative estimate of drug-likeness (QED) is 0.730. The van der Waals surface area contributed by atoms with Crippen molar-refractivity contribution in [3.8, 4) is 0 Å². The van der Waals surface area contributed by atoms with Crippen LogP contribution in [0.15, 0.2) is 60.7 Å². The van der Waals surface area contributed by atoms with Crippen molar-refractivity contribution in [3.05, 3.63) is 71.8 Å². The van der Waals surface area contributed by atoms with Crippen LogP contribution in [0.5, 0.6) is 0 Å². The minimum absolute atomic E-state index is 0.00357. The average molecular weight is 278 g/mol. The zero-order valence-corrected chi connectivity index (χ0v) is 11.5. The van der Waals surface area contributed by atoms with E-state index >= 15 is 4.39 Å². The second-order valence-electron chi connectivity index (χ2n) is 5.37. The van der Waals surface area contributed by atoms with Crippen molar-refractivity contribution in [1.29, 1.82) is 0 Å². The number of halogens is 3. The summed E-state index contributed by atoms with van der Waals surface area (Å²) in [5.74, 6) is 0. The third-order valence-corrected chi connectivity index (χ3v) is 3.90. The maximum Gasteiger partial charge on any atom is 0.277 e. The first-order chi connectivity index (χ1) is 9.40. The number of hydrogen-bond acceptors (Lipinski definition) is 0. The Bertz CT molecular complexity index is 549. The number of rotatable bonds is 4. The molecule has 2 aromatic carbocycles. The van der Waals surface area contributed by atoms with Crippen LogP contribution in [0.3, 0.4) is 0 Å². The fourth-order valence-corrected chi connectivity index (χ4v) is 2.51. The van der Waals surface area contributed by atoms with Crippen LogP contribution >= 0.6 is 0 Å². The molecule has 0 aliphatic heterocycles.